The van der Waals surface area contributed by atoms with Gasteiger partial charge in [0.25, 0.3) is 11.8 Å². The molecule has 0 saturated carbocycles. The molecule has 7 nitrogen and oxygen atoms in total. The number of ether oxygens (including phenoxy) is 1. The lowest BCUT2D eigenvalue weighted by Crippen LogP contribution is -2.54. The molecule has 0 radical (unpaired) electrons. The summed E-state index contributed by atoms with van der Waals surface area (Å²) < 4.78 is 5.35. The lowest BCUT2D eigenvalue weighted by molar-refractivity contribution is -0.128. The van der Waals surface area contributed by atoms with Crippen LogP contribution in [0.15, 0.2) is 36.0 Å². The number of carbonyl (C=O) groups is 3. The van der Waals surface area contributed by atoms with E-state index in [1.54, 1.807) is 30.3 Å². The van der Waals surface area contributed by atoms with E-state index in [2.05, 4.69) is 5.32 Å². The number of rotatable bonds is 6. The number of methoxy groups -OCH3 is 1. The summed E-state index contributed by atoms with van der Waals surface area (Å²) in [6, 6.07) is 6.82. The third-order valence-corrected chi connectivity index (χ3v) is 4.39. The van der Waals surface area contributed by atoms with Gasteiger partial charge in [0.05, 0.1) is 11.1 Å². The number of carbonyl (C=O) groups excluding carboxylic acids is 3. The Bertz CT molecular complexity index is 709. The van der Waals surface area contributed by atoms with Crippen LogP contribution in [0.3, 0.4) is 0 Å². The Morgan fingerprint density at radius 1 is 1.08 bits per heavy atom. The van der Waals surface area contributed by atoms with E-state index in [1.165, 1.54) is 12.0 Å². The highest BCUT2D eigenvalue weighted by atomic mass is 16.5. The summed E-state index contributed by atoms with van der Waals surface area (Å²) in [6.07, 6.45) is 2.53. The standard InChI is InChI=1S/C18H21N3O4/c1-3-6-12-11-15(22)19-18(25-2)20(12)9-10-21-16(23)13-7-4-5-8-14(13)17(21)24/h4-5,7-8,11,18H,3,6,9-10H2,1-2H3,(H,19,22). The van der Waals surface area contributed by atoms with Crippen molar-refractivity contribution in [3.8, 4) is 0 Å². The fourth-order valence-electron chi connectivity index (χ4n) is 3.20. The van der Waals surface area contributed by atoms with Crippen LogP contribution in [-0.2, 0) is 9.53 Å². The monoisotopic (exact) mass is 343 g/mol. The van der Waals surface area contributed by atoms with Gasteiger partial charge in [0.2, 0.25) is 12.3 Å². The third kappa shape index (κ3) is 3.15. The number of hydrogen-bond acceptors (Lipinski definition) is 5. The highest BCUT2D eigenvalue weighted by Crippen LogP contribution is 2.23. The number of nitrogens with one attached hydrogen (secondary N) is 1. The molecule has 1 aromatic carbocycles. The van der Waals surface area contributed by atoms with Crippen molar-refractivity contribution >= 4 is 17.7 Å². The zero-order valence-electron chi connectivity index (χ0n) is 14.3. The molecule has 1 aromatic rings. The van der Waals surface area contributed by atoms with Crippen LogP contribution in [0.25, 0.3) is 0 Å². The molecular weight excluding hydrogens is 322 g/mol. The minimum absolute atomic E-state index is 0.202. The molecule has 132 valence electrons. The maximum absolute atomic E-state index is 12.5. The summed E-state index contributed by atoms with van der Waals surface area (Å²) in [5, 5.41) is 2.72. The highest BCUT2D eigenvalue weighted by Gasteiger charge is 2.36. The van der Waals surface area contributed by atoms with Gasteiger partial charge in [0, 0.05) is 32.0 Å². The molecule has 0 spiro atoms. The van der Waals surface area contributed by atoms with E-state index in [0.717, 1.165) is 18.5 Å². The summed E-state index contributed by atoms with van der Waals surface area (Å²) in [7, 11) is 1.51. The molecule has 1 atom stereocenters. The molecule has 1 unspecified atom stereocenters. The van der Waals surface area contributed by atoms with Gasteiger partial charge in [-0.1, -0.05) is 25.5 Å². The molecule has 0 aromatic heterocycles. The predicted octanol–water partition coefficient (Wildman–Crippen LogP) is 1.33. The molecule has 0 saturated heterocycles. The predicted molar refractivity (Wildman–Crippen MR) is 90.4 cm³/mol. The van der Waals surface area contributed by atoms with Crippen molar-refractivity contribution in [3.63, 3.8) is 0 Å². The van der Waals surface area contributed by atoms with Gasteiger partial charge in [-0.3, -0.25) is 19.3 Å². The smallest absolute Gasteiger partial charge is 0.261 e. The molecule has 7 heteroatoms. The summed E-state index contributed by atoms with van der Waals surface area (Å²) in [4.78, 5) is 39.8. The van der Waals surface area contributed by atoms with Gasteiger partial charge < -0.3 is 15.0 Å². The van der Waals surface area contributed by atoms with Crippen molar-refractivity contribution < 1.29 is 19.1 Å². The van der Waals surface area contributed by atoms with Gasteiger partial charge in [-0.15, -0.1) is 0 Å². The zero-order chi connectivity index (χ0) is 18.0. The minimum Gasteiger partial charge on any atom is -0.344 e. The number of amides is 3. The number of hydrogen-bond donors (Lipinski definition) is 1. The number of nitrogens with zero attached hydrogens (tertiary/aromatic N) is 2. The molecule has 2 heterocycles. The number of allylic oxidation sites excluding steroid dienone is 1. The van der Waals surface area contributed by atoms with Crippen LogP contribution in [0.2, 0.25) is 0 Å². The molecule has 0 fully saturated rings. The zero-order valence-corrected chi connectivity index (χ0v) is 14.3. The average Bonchev–Trinajstić information content (AvgIpc) is 2.85. The Morgan fingerprint density at radius 3 is 2.28 bits per heavy atom. The Kier molecular flexibility index (Phi) is 4.85. The quantitative estimate of drug-likeness (QED) is 0.789. The maximum Gasteiger partial charge on any atom is 0.261 e. The molecule has 3 rings (SSSR count). The second kappa shape index (κ2) is 7.06. The maximum atomic E-state index is 12.5. The van der Waals surface area contributed by atoms with E-state index in [9.17, 15) is 14.4 Å². The van der Waals surface area contributed by atoms with Crippen molar-refractivity contribution in [2.24, 2.45) is 0 Å². The first kappa shape index (κ1) is 17.2. The van der Waals surface area contributed by atoms with Gasteiger partial charge in [-0.25, -0.2) is 0 Å². The van der Waals surface area contributed by atoms with E-state index in [0.29, 0.717) is 17.7 Å². The second-order valence-electron chi connectivity index (χ2n) is 5.98. The van der Waals surface area contributed by atoms with Crippen LogP contribution in [0.4, 0.5) is 0 Å². The lowest BCUT2D eigenvalue weighted by atomic mass is 10.1. The van der Waals surface area contributed by atoms with Crippen LogP contribution >= 0.6 is 0 Å². The van der Waals surface area contributed by atoms with Crippen LogP contribution in [0, 0.1) is 0 Å². The number of imide groups is 1. The minimum atomic E-state index is -0.603. The topological polar surface area (TPSA) is 79.0 Å². The summed E-state index contributed by atoms with van der Waals surface area (Å²) >= 11 is 0. The van der Waals surface area contributed by atoms with Crippen molar-refractivity contribution in [1.82, 2.24) is 15.1 Å². The molecule has 0 bridgehead atoms. The molecule has 2 aliphatic heterocycles. The summed E-state index contributed by atoms with van der Waals surface area (Å²) in [6.45, 7) is 2.64. The fraction of sp³-hybridized carbons (Fsp3) is 0.389. The first-order valence-corrected chi connectivity index (χ1v) is 8.32. The van der Waals surface area contributed by atoms with E-state index in [1.807, 2.05) is 11.8 Å². The Hall–Kier alpha value is -2.67. The van der Waals surface area contributed by atoms with Gasteiger partial charge >= 0.3 is 0 Å². The van der Waals surface area contributed by atoms with Crippen molar-refractivity contribution in [2.45, 2.75) is 26.1 Å². The fourth-order valence-corrected chi connectivity index (χ4v) is 3.20. The number of fused-ring (bicyclic) bond motifs is 1. The molecular formula is C18H21N3O4. The van der Waals surface area contributed by atoms with E-state index in [4.69, 9.17) is 4.74 Å². The highest BCUT2D eigenvalue weighted by molar-refractivity contribution is 6.21. The SMILES string of the molecule is CCCC1=CC(=O)NC(OC)N1CCN1C(=O)c2ccccc2C1=O. The summed E-state index contributed by atoms with van der Waals surface area (Å²) in [5.74, 6) is -0.763. The van der Waals surface area contributed by atoms with Gasteiger partial charge in [0.15, 0.2) is 0 Å². The van der Waals surface area contributed by atoms with Crippen LogP contribution in [0.1, 0.15) is 40.5 Å². The van der Waals surface area contributed by atoms with E-state index >= 15 is 0 Å². The van der Waals surface area contributed by atoms with Gasteiger partial charge in [0.1, 0.15) is 0 Å². The lowest BCUT2D eigenvalue weighted by Gasteiger charge is -2.38. The molecule has 2 aliphatic rings. The number of benzene rings is 1. The summed E-state index contributed by atoms with van der Waals surface area (Å²) in [5.41, 5.74) is 1.72. The first-order valence-electron chi connectivity index (χ1n) is 8.32. The van der Waals surface area contributed by atoms with Crippen LogP contribution in [0.5, 0.6) is 0 Å². The largest absolute Gasteiger partial charge is 0.344 e. The molecule has 3 amide bonds. The van der Waals surface area contributed by atoms with Gasteiger partial charge in [-0.05, 0) is 18.6 Å². The second-order valence-corrected chi connectivity index (χ2v) is 5.98. The third-order valence-electron chi connectivity index (χ3n) is 4.39. The average molecular weight is 343 g/mol. The Morgan fingerprint density at radius 2 is 1.72 bits per heavy atom. The first-order chi connectivity index (χ1) is 12.1. The molecule has 0 aliphatic carbocycles. The van der Waals surface area contributed by atoms with Crippen molar-refractivity contribution in [3.05, 3.63) is 47.2 Å². The van der Waals surface area contributed by atoms with Crippen LogP contribution in [-0.4, -0.2) is 54.1 Å². The van der Waals surface area contributed by atoms with Crippen molar-refractivity contribution in [2.75, 3.05) is 20.2 Å². The van der Waals surface area contributed by atoms with Crippen molar-refractivity contribution in [1.29, 1.82) is 0 Å². The normalized spacial score (nSPS) is 19.8. The van der Waals surface area contributed by atoms with Gasteiger partial charge in [-0.2, -0.15) is 0 Å². The molecule has 1 N–H and O–H groups in total. The Labute approximate surface area is 146 Å². The Balaban J connectivity index is 1.76. The van der Waals surface area contributed by atoms with E-state index in [-0.39, 0.29) is 24.3 Å². The molecule has 25 heavy (non-hydrogen) atoms. The van der Waals surface area contributed by atoms with E-state index < -0.39 is 6.35 Å². The van der Waals surface area contributed by atoms with Crippen LogP contribution < -0.4 is 5.32 Å².